The number of amidine groups is 2. The maximum absolute atomic E-state index is 12.5. The van der Waals surface area contributed by atoms with Crippen molar-refractivity contribution in [2.75, 3.05) is 18.1 Å². The fourth-order valence-electron chi connectivity index (χ4n) is 3.22. The number of aromatic amines is 1. The second-order valence-corrected chi connectivity index (χ2v) is 8.13. The summed E-state index contributed by atoms with van der Waals surface area (Å²) in [6, 6.07) is 12.7. The van der Waals surface area contributed by atoms with Crippen molar-refractivity contribution in [2.45, 2.75) is 13.3 Å². The summed E-state index contributed by atoms with van der Waals surface area (Å²) in [5, 5.41) is 16.1. The van der Waals surface area contributed by atoms with Crippen molar-refractivity contribution < 1.29 is 9.53 Å². The summed E-state index contributed by atoms with van der Waals surface area (Å²) in [5.74, 6) is 1.45. The van der Waals surface area contributed by atoms with Crippen molar-refractivity contribution in [3.8, 4) is 11.3 Å². The number of hydrogen-bond donors (Lipinski definition) is 5. The summed E-state index contributed by atoms with van der Waals surface area (Å²) in [6.45, 7) is 2.45. The number of halogens is 2. The number of carbonyl (C=O) groups excluding carboxylic acids is 1. The predicted octanol–water partition coefficient (Wildman–Crippen LogP) is 4.09. The van der Waals surface area contributed by atoms with Crippen LogP contribution in [0, 0.1) is 10.8 Å². The zero-order chi connectivity index (χ0) is 21.7. The number of rotatable bonds is 9. The Morgan fingerprint density at radius 2 is 1.66 bits per heavy atom. The number of hydrogen-bond acceptors (Lipinski definition) is 5. The van der Waals surface area contributed by atoms with Gasteiger partial charge in [-0.2, -0.15) is 11.8 Å². The Kier molecular flexibility index (Phi) is 10.6. The van der Waals surface area contributed by atoms with Gasteiger partial charge in [-0.1, -0.05) is 43.3 Å². The molecule has 10 heteroatoms. The lowest BCUT2D eigenvalue weighted by atomic mass is 10.0. The first kappa shape index (κ1) is 27.4. The monoisotopic (exact) mass is 495 g/mol. The minimum Gasteiger partial charge on any atom is -0.465 e. The van der Waals surface area contributed by atoms with Gasteiger partial charge in [-0.25, -0.2) is 0 Å². The van der Waals surface area contributed by atoms with Crippen LogP contribution < -0.4 is 11.5 Å². The Hall–Kier alpha value is -2.68. The number of ether oxygens (including phenoxy) is 1. The molecule has 0 spiro atoms. The average Bonchev–Trinajstić information content (AvgIpc) is 3.08. The third-order valence-electron chi connectivity index (χ3n) is 4.72. The maximum atomic E-state index is 12.5. The number of H-pyrrole nitrogens is 1. The zero-order valence-electron chi connectivity index (χ0n) is 17.6. The minimum atomic E-state index is -0.287. The molecule has 0 saturated carbocycles. The standard InChI is InChI=1S/C22H25N5O2S.2ClH/c1-2-30-10-9-29-19(28)12-17-16-8-7-15(22(25)26)11-18(16)27-20(17)13-3-5-14(6-4-13)21(23)24;;/h3-8,11,27H,2,9-10,12H2,1H3,(H3,23,24)(H3,25,26);2*1H. The van der Waals surface area contributed by atoms with Crippen LogP contribution in [0.4, 0.5) is 0 Å². The first-order chi connectivity index (χ1) is 14.4. The van der Waals surface area contributed by atoms with Crippen molar-refractivity contribution in [1.82, 2.24) is 4.98 Å². The smallest absolute Gasteiger partial charge is 0.310 e. The van der Waals surface area contributed by atoms with Gasteiger partial charge in [-0.3, -0.25) is 15.6 Å². The number of nitrogen functional groups attached to an aromatic ring is 2. The van der Waals surface area contributed by atoms with Gasteiger partial charge in [0.1, 0.15) is 18.3 Å². The molecule has 0 unspecified atom stereocenters. The van der Waals surface area contributed by atoms with Crippen molar-refractivity contribution >= 4 is 65.1 Å². The maximum Gasteiger partial charge on any atom is 0.310 e. The van der Waals surface area contributed by atoms with E-state index in [1.807, 2.05) is 18.2 Å². The number of benzene rings is 2. The van der Waals surface area contributed by atoms with Gasteiger partial charge in [0.05, 0.1) is 12.1 Å². The van der Waals surface area contributed by atoms with Gasteiger partial charge in [-0.15, -0.1) is 24.8 Å². The highest BCUT2D eigenvalue weighted by Gasteiger charge is 2.18. The van der Waals surface area contributed by atoms with Crippen LogP contribution in [0.5, 0.6) is 0 Å². The molecule has 0 aliphatic heterocycles. The molecular formula is C22H27Cl2N5O2S. The number of fused-ring (bicyclic) bond motifs is 1. The van der Waals surface area contributed by atoms with Gasteiger partial charge < -0.3 is 21.2 Å². The van der Waals surface area contributed by atoms with Crippen LogP contribution in [0.2, 0.25) is 0 Å². The molecule has 0 amide bonds. The molecule has 0 aliphatic carbocycles. The lowest BCUT2D eigenvalue weighted by Gasteiger charge is -2.07. The van der Waals surface area contributed by atoms with Gasteiger partial charge >= 0.3 is 5.97 Å². The molecule has 172 valence electrons. The Labute approximate surface area is 203 Å². The third-order valence-corrected chi connectivity index (χ3v) is 5.58. The molecule has 7 N–H and O–H groups in total. The third kappa shape index (κ3) is 6.41. The fourth-order valence-corrected chi connectivity index (χ4v) is 3.71. The molecule has 0 aliphatic rings. The molecule has 0 bridgehead atoms. The highest BCUT2D eigenvalue weighted by molar-refractivity contribution is 7.99. The Morgan fingerprint density at radius 3 is 2.25 bits per heavy atom. The molecule has 1 aromatic heterocycles. The predicted molar refractivity (Wildman–Crippen MR) is 138 cm³/mol. The highest BCUT2D eigenvalue weighted by Crippen LogP contribution is 2.32. The fraction of sp³-hybridized carbons (Fsp3) is 0.227. The average molecular weight is 496 g/mol. The summed E-state index contributed by atoms with van der Waals surface area (Å²) < 4.78 is 5.40. The summed E-state index contributed by atoms with van der Waals surface area (Å²) in [6.07, 6.45) is 0.125. The van der Waals surface area contributed by atoms with Crippen LogP contribution in [0.15, 0.2) is 42.5 Å². The second kappa shape index (κ2) is 12.4. The molecular weight excluding hydrogens is 469 g/mol. The number of carbonyl (C=O) groups is 1. The van der Waals surface area contributed by atoms with Gasteiger partial charge in [0.2, 0.25) is 0 Å². The lowest BCUT2D eigenvalue weighted by Crippen LogP contribution is -2.11. The van der Waals surface area contributed by atoms with Crippen molar-refractivity contribution in [1.29, 1.82) is 10.8 Å². The SMILES string of the molecule is CCSCCOC(=O)Cc1c(-c2ccc(C(=N)N)cc2)[nH]c2cc(C(=N)N)ccc12.Cl.Cl. The topological polar surface area (TPSA) is 142 Å². The number of nitrogens with one attached hydrogen (secondary N) is 3. The van der Waals surface area contributed by atoms with E-state index >= 15 is 0 Å². The van der Waals surface area contributed by atoms with E-state index in [9.17, 15) is 4.79 Å². The van der Waals surface area contributed by atoms with E-state index in [2.05, 4.69) is 11.9 Å². The summed E-state index contributed by atoms with van der Waals surface area (Å²) in [4.78, 5) is 15.8. The van der Waals surface area contributed by atoms with Crippen molar-refractivity contribution in [3.05, 3.63) is 59.2 Å². The molecule has 7 nitrogen and oxygen atoms in total. The minimum absolute atomic E-state index is 0. The zero-order valence-corrected chi connectivity index (χ0v) is 20.0. The first-order valence-corrected chi connectivity index (χ1v) is 10.7. The van der Waals surface area contributed by atoms with E-state index < -0.39 is 0 Å². The van der Waals surface area contributed by atoms with E-state index in [0.717, 1.165) is 39.2 Å². The Morgan fingerprint density at radius 1 is 1.03 bits per heavy atom. The molecule has 3 aromatic rings. The lowest BCUT2D eigenvalue weighted by molar-refractivity contribution is -0.142. The van der Waals surface area contributed by atoms with Crippen LogP contribution >= 0.6 is 36.6 Å². The van der Waals surface area contributed by atoms with Crippen LogP contribution in [0.25, 0.3) is 22.2 Å². The van der Waals surface area contributed by atoms with Gasteiger partial charge in [-0.05, 0) is 22.9 Å². The van der Waals surface area contributed by atoms with E-state index in [-0.39, 0.29) is 48.9 Å². The van der Waals surface area contributed by atoms with Crippen LogP contribution in [-0.2, 0) is 16.0 Å². The number of aromatic nitrogens is 1. The highest BCUT2D eigenvalue weighted by atomic mass is 35.5. The van der Waals surface area contributed by atoms with E-state index in [1.165, 1.54) is 0 Å². The molecule has 32 heavy (non-hydrogen) atoms. The number of nitrogens with two attached hydrogens (primary N) is 2. The van der Waals surface area contributed by atoms with Crippen molar-refractivity contribution in [2.24, 2.45) is 11.5 Å². The van der Waals surface area contributed by atoms with Crippen molar-refractivity contribution in [3.63, 3.8) is 0 Å². The van der Waals surface area contributed by atoms with E-state index in [4.69, 9.17) is 27.0 Å². The second-order valence-electron chi connectivity index (χ2n) is 6.74. The normalized spacial score (nSPS) is 10.2. The van der Waals surface area contributed by atoms with E-state index in [0.29, 0.717) is 17.7 Å². The van der Waals surface area contributed by atoms with Crippen LogP contribution in [0.1, 0.15) is 23.6 Å². The summed E-state index contributed by atoms with van der Waals surface area (Å²) in [7, 11) is 0. The quantitative estimate of drug-likeness (QED) is 0.131. The van der Waals surface area contributed by atoms with Gasteiger partial charge in [0.25, 0.3) is 0 Å². The summed E-state index contributed by atoms with van der Waals surface area (Å²) in [5.41, 5.74) is 15.7. The molecule has 1 heterocycles. The molecule has 0 atom stereocenters. The van der Waals surface area contributed by atoms with Crippen LogP contribution in [0.3, 0.4) is 0 Å². The number of esters is 1. The van der Waals surface area contributed by atoms with E-state index in [1.54, 1.807) is 36.0 Å². The largest absolute Gasteiger partial charge is 0.465 e. The van der Waals surface area contributed by atoms with Gasteiger partial charge in [0.15, 0.2) is 0 Å². The first-order valence-electron chi connectivity index (χ1n) is 9.58. The molecule has 0 saturated heterocycles. The summed E-state index contributed by atoms with van der Waals surface area (Å²) >= 11 is 1.73. The molecule has 0 radical (unpaired) electrons. The molecule has 2 aromatic carbocycles. The van der Waals surface area contributed by atoms with Gasteiger partial charge in [0, 0.05) is 27.8 Å². The molecule has 0 fully saturated rings. The molecule has 3 rings (SSSR count). The Balaban J connectivity index is 0.00000256. The Bertz CT molecular complexity index is 1100. The van der Waals surface area contributed by atoms with Crippen LogP contribution in [-0.4, -0.2) is 40.7 Å². The number of thioether (sulfide) groups is 1.